The van der Waals surface area contributed by atoms with Crippen molar-refractivity contribution in [1.29, 1.82) is 0 Å². The van der Waals surface area contributed by atoms with Crippen LogP contribution >= 0.6 is 16.5 Å². The molecule has 0 saturated carbocycles. The molecule has 3 N–H and O–H groups in total. The average Bonchev–Trinajstić information content (AvgIpc) is 3.75. The fraction of sp³-hybridized carbons (Fsp3) is 0.879. The number of likely N-dealkylation sites (tertiary alicyclic amines) is 1. The zero-order chi connectivity index (χ0) is 35.7. The number of nitrogens with one attached hydrogen (secondary N) is 1. The number of carbonyl (C=O) groups excluding carboxylic acids is 2. The van der Waals surface area contributed by atoms with E-state index in [0.29, 0.717) is 57.9 Å². The third kappa shape index (κ3) is 20.5. The van der Waals surface area contributed by atoms with E-state index in [2.05, 4.69) is 27.1 Å². The van der Waals surface area contributed by atoms with Gasteiger partial charge in [0.1, 0.15) is 19.8 Å². The van der Waals surface area contributed by atoms with Crippen LogP contribution in [-0.4, -0.2) is 83.8 Å². The van der Waals surface area contributed by atoms with Crippen molar-refractivity contribution in [1.82, 2.24) is 25.2 Å². The van der Waals surface area contributed by atoms with Gasteiger partial charge in [0.15, 0.2) is 0 Å². The minimum Gasteiger partial charge on any atom is -0.356 e. The highest BCUT2D eigenvalue weighted by atomic mass is 31.1. The number of unbranched alkanes of at least 4 members (excludes halogenated alkanes) is 7. The van der Waals surface area contributed by atoms with Crippen molar-refractivity contribution >= 4 is 28.3 Å². The summed E-state index contributed by atoms with van der Waals surface area (Å²) >= 11 is 0. The Hall–Kier alpha value is -1.92. The molecular weight excluding hydrogens is 670 g/mol. The quantitative estimate of drug-likeness (QED) is 0.0662. The number of hydrogen-bond acceptors (Lipinski definition) is 11. The lowest BCUT2D eigenvalue weighted by Gasteiger charge is -2.22. The highest BCUT2D eigenvalue weighted by Crippen LogP contribution is 2.27. The van der Waals surface area contributed by atoms with Gasteiger partial charge in [-0.1, -0.05) is 44.2 Å². The standard InChI is InChI=1S/C33H61N6O8P2/c1-28(29(2)34)16-8-7-13-25-46-49(43)45-24-12-5-4-11-22-38-26-30(36-37-38)17-14-19-32(40)35-21-10-6-9-20-33(41)39-23-15-18-31(39)27-47-48(42)44-3/h26,28-29,31H,4-25,27,34H2,1-3H3/q+1/p+1/t28-,29-,31+/m1/s1. The van der Waals surface area contributed by atoms with Crippen molar-refractivity contribution in [3.63, 3.8) is 0 Å². The molecule has 1 aliphatic heterocycles. The smallest absolute Gasteiger partial charge is 0.356 e. The second-order valence-electron chi connectivity index (χ2n) is 13.1. The molecule has 0 spiro atoms. The van der Waals surface area contributed by atoms with Gasteiger partial charge in [0.05, 0.1) is 18.8 Å². The zero-order valence-electron chi connectivity index (χ0n) is 30.1. The molecule has 2 amide bonds. The monoisotopic (exact) mass is 732 g/mol. The van der Waals surface area contributed by atoms with E-state index >= 15 is 0 Å². The summed E-state index contributed by atoms with van der Waals surface area (Å²) in [5, 5.41) is 11.4. The molecule has 1 aromatic rings. The third-order valence-electron chi connectivity index (χ3n) is 8.91. The number of nitrogens with zero attached hydrogens (tertiary/aromatic N) is 4. The number of nitrogens with two attached hydrogens (primary N) is 1. The summed E-state index contributed by atoms with van der Waals surface area (Å²) in [6, 6.07) is 0.180. The van der Waals surface area contributed by atoms with Crippen LogP contribution in [0.3, 0.4) is 0 Å². The summed E-state index contributed by atoms with van der Waals surface area (Å²) < 4.78 is 45.5. The first-order chi connectivity index (χ1) is 23.7. The van der Waals surface area contributed by atoms with Gasteiger partial charge in [-0.05, 0) is 77.0 Å². The molecular formula is C33H62N6O8P2+2. The summed E-state index contributed by atoms with van der Waals surface area (Å²) in [5.41, 5.74) is 6.77. The molecule has 2 rings (SSSR count). The van der Waals surface area contributed by atoms with E-state index < -0.39 is 16.5 Å². The molecule has 16 heteroatoms. The van der Waals surface area contributed by atoms with Gasteiger partial charge in [0.2, 0.25) is 11.8 Å². The van der Waals surface area contributed by atoms with Gasteiger partial charge in [0.25, 0.3) is 0 Å². The molecule has 0 aliphatic carbocycles. The largest absolute Gasteiger partial charge is 0.697 e. The summed E-state index contributed by atoms with van der Waals surface area (Å²) in [7, 11) is -2.84. The number of amides is 2. The topological polar surface area (TPSA) is 177 Å². The van der Waals surface area contributed by atoms with E-state index in [1.165, 1.54) is 7.11 Å². The number of hydrogen-bond donors (Lipinski definition) is 2. The molecule has 2 unspecified atom stereocenters. The predicted octanol–water partition coefficient (Wildman–Crippen LogP) is 6.38. The van der Waals surface area contributed by atoms with Gasteiger partial charge in [-0.3, -0.25) is 14.3 Å². The highest BCUT2D eigenvalue weighted by Gasteiger charge is 2.32. The van der Waals surface area contributed by atoms with Crippen LogP contribution in [0.4, 0.5) is 0 Å². The van der Waals surface area contributed by atoms with Crippen molar-refractivity contribution < 1.29 is 36.8 Å². The number of aromatic nitrogens is 3. The molecule has 1 saturated heterocycles. The highest BCUT2D eigenvalue weighted by molar-refractivity contribution is 7.33. The van der Waals surface area contributed by atoms with Crippen LogP contribution in [0.1, 0.15) is 122 Å². The molecule has 0 bridgehead atoms. The summed E-state index contributed by atoms with van der Waals surface area (Å²) in [5.74, 6) is 0.645. The summed E-state index contributed by atoms with van der Waals surface area (Å²) in [4.78, 5) is 26.7. The Balaban J connectivity index is 1.40. The number of carbonyl (C=O) groups is 2. The van der Waals surface area contributed by atoms with Gasteiger partial charge >= 0.3 is 16.5 Å². The van der Waals surface area contributed by atoms with Gasteiger partial charge in [-0.15, -0.1) is 23.2 Å². The Labute approximate surface area is 295 Å². The van der Waals surface area contributed by atoms with Crippen LogP contribution in [0.5, 0.6) is 0 Å². The van der Waals surface area contributed by atoms with Crippen molar-refractivity contribution in [2.75, 3.05) is 40.0 Å². The molecule has 0 aromatic carbocycles. The lowest BCUT2D eigenvalue weighted by atomic mass is 9.97. The van der Waals surface area contributed by atoms with Gasteiger partial charge in [-0.25, -0.2) is 0 Å². The van der Waals surface area contributed by atoms with Gasteiger partial charge in [0, 0.05) is 53.8 Å². The van der Waals surface area contributed by atoms with Crippen LogP contribution < -0.4 is 11.1 Å². The molecule has 2 heterocycles. The first kappa shape index (κ1) is 43.2. The molecule has 1 aliphatic rings. The van der Waals surface area contributed by atoms with Crippen molar-refractivity contribution in [3.05, 3.63) is 11.9 Å². The maximum Gasteiger partial charge on any atom is 0.697 e. The lowest BCUT2D eigenvalue weighted by molar-refractivity contribution is -0.132. The van der Waals surface area contributed by atoms with E-state index in [-0.39, 0.29) is 30.5 Å². The molecule has 1 aromatic heterocycles. The second kappa shape index (κ2) is 26.8. The Morgan fingerprint density at radius 1 is 0.939 bits per heavy atom. The Morgan fingerprint density at radius 3 is 2.39 bits per heavy atom. The van der Waals surface area contributed by atoms with E-state index in [0.717, 1.165) is 95.7 Å². The first-order valence-corrected chi connectivity index (χ1v) is 20.5. The molecule has 1 fully saturated rings. The number of aryl methyl sites for hydroxylation is 2. The Bertz CT molecular complexity index is 1100. The normalized spacial score (nSPS) is 16.5. The molecule has 49 heavy (non-hydrogen) atoms. The second-order valence-corrected chi connectivity index (χ2v) is 15.1. The van der Waals surface area contributed by atoms with E-state index in [9.17, 15) is 18.7 Å². The SMILES string of the molecule is CO[P+](=O)OC[C@@H]1CCCN1C(=O)CCCCCNC(=O)CCCc1cn(CCCCCCO[P+](=O)OCCCCC[C@@H](C)[C@@H](C)N)nn1. The maximum absolute atomic E-state index is 12.6. The van der Waals surface area contributed by atoms with E-state index in [1.54, 1.807) is 0 Å². The fourth-order valence-corrected chi connectivity index (χ4v) is 6.65. The third-order valence-corrected chi connectivity index (χ3v) is 10.4. The Morgan fingerprint density at radius 2 is 1.65 bits per heavy atom. The van der Waals surface area contributed by atoms with Crippen molar-refractivity contribution in [2.45, 2.75) is 142 Å². The molecule has 280 valence electrons. The van der Waals surface area contributed by atoms with Crippen molar-refractivity contribution in [2.24, 2.45) is 11.7 Å². The van der Waals surface area contributed by atoms with Crippen LogP contribution in [0.2, 0.25) is 0 Å². The maximum atomic E-state index is 12.6. The predicted molar refractivity (Wildman–Crippen MR) is 189 cm³/mol. The minimum atomic E-state index is -2.12. The lowest BCUT2D eigenvalue weighted by Crippen LogP contribution is -2.37. The zero-order valence-corrected chi connectivity index (χ0v) is 31.9. The van der Waals surface area contributed by atoms with Crippen molar-refractivity contribution in [3.8, 4) is 0 Å². The van der Waals surface area contributed by atoms with Crippen LogP contribution in [0, 0.1) is 5.92 Å². The average molecular weight is 733 g/mol. The van der Waals surface area contributed by atoms with Gasteiger partial charge in [-0.2, -0.15) is 0 Å². The number of rotatable bonds is 30. The molecule has 14 nitrogen and oxygen atoms in total. The van der Waals surface area contributed by atoms with E-state index in [4.69, 9.17) is 19.3 Å². The van der Waals surface area contributed by atoms with E-state index in [1.807, 2.05) is 22.7 Å². The fourth-order valence-electron chi connectivity index (χ4n) is 5.62. The summed E-state index contributed by atoms with van der Waals surface area (Å²) in [6.45, 7) is 7.42. The molecule has 0 radical (unpaired) electrons. The first-order valence-electron chi connectivity index (χ1n) is 18.3. The van der Waals surface area contributed by atoms with Gasteiger partial charge < -0.3 is 16.0 Å². The van der Waals surface area contributed by atoms with Crippen LogP contribution in [0.15, 0.2) is 6.20 Å². The minimum absolute atomic E-state index is 0.0244. The Kier molecular flexibility index (Phi) is 23.7. The summed E-state index contributed by atoms with van der Waals surface area (Å²) in [6.07, 6.45) is 16.4. The van der Waals surface area contributed by atoms with Crippen LogP contribution in [0.25, 0.3) is 0 Å². The molecule has 5 atom stereocenters. The van der Waals surface area contributed by atoms with Crippen LogP contribution in [-0.2, 0) is 49.8 Å².